The molecule has 1 N–H and O–H groups in total. The molecule has 0 bridgehead atoms. The van der Waals surface area contributed by atoms with E-state index in [0.717, 1.165) is 40.8 Å². The van der Waals surface area contributed by atoms with Crippen molar-refractivity contribution >= 4 is 17.4 Å². The lowest BCUT2D eigenvalue weighted by atomic mass is 9.82. The van der Waals surface area contributed by atoms with Crippen LogP contribution in [0.3, 0.4) is 0 Å². The van der Waals surface area contributed by atoms with Crippen LogP contribution in [-0.2, 0) is 13.0 Å². The number of benzene rings is 1. The van der Waals surface area contributed by atoms with Gasteiger partial charge in [0.05, 0.1) is 10.7 Å². The van der Waals surface area contributed by atoms with Crippen molar-refractivity contribution in [2.75, 3.05) is 38.5 Å². The van der Waals surface area contributed by atoms with E-state index in [0.29, 0.717) is 17.5 Å². The van der Waals surface area contributed by atoms with Gasteiger partial charge in [-0.3, -0.25) is 9.88 Å². The summed E-state index contributed by atoms with van der Waals surface area (Å²) in [5.74, 6) is 1.16. The molecule has 0 spiro atoms. The average Bonchev–Trinajstić information content (AvgIpc) is 2.90. The molecule has 1 aliphatic carbocycles. The van der Waals surface area contributed by atoms with Crippen LogP contribution in [0.25, 0.3) is 11.3 Å². The minimum Gasteiger partial charge on any atom is -0.366 e. The van der Waals surface area contributed by atoms with Crippen LogP contribution in [0.1, 0.15) is 36.9 Å². The van der Waals surface area contributed by atoms with E-state index in [1.54, 1.807) is 12.3 Å². The molecule has 7 heteroatoms. The predicted octanol–water partition coefficient (Wildman–Crippen LogP) is 5.90. The van der Waals surface area contributed by atoms with Crippen LogP contribution < -0.4 is 5.32 Å². The fourth-order valence-corrected chi connectivity index (χ4v) is 5.71. The Kier molecular flexibility index (Phi) is 8.15. The van der Waals surface area contributed by atoms with Crippen LogP contribution in [-0.4, -0.2) is 59.0 Å². The highest BCUT2D eigenvalue weighted by Gasteiger charge is 2.28. The molecule has 1 saturated heterocycles. The monoisotopic (exact) mass is 507 g/mol. The van der Waals surface area contributed by atoms with E-state index >= 15 is 0 Å². The standard InChI is InChI=1S/C29H35ClFN5/c1-35-12-14-36(15-13-35)25-10-8-21(9-11-25)17-24-18-26(27(30)20-32-24)28-6-3-7-29(34-28)33-19-22-4-2-5-23(31)16-22/h2-7,16,18,20-21,25H,8-15,17,19H2,1H3,(H,33,34). The summed E-state index contributed by atoms with van der Waals surface area (Å²) in [6.45, 7) is 5.29. The molecule has 0 amide bonds. The largest absolute Gasteiger partial charge is 0.366 e. The summed E-state index contributed by atoms with van der Waals surface area (Å²) in [5, 5.41) is 3.89. The van der Waals surface area contributed by atoms with Gasteiger partial charge in [0, 0.05) is 56.2 Å². The fraction of sp³-hybridized carbons (Fsp3) is 0.448. The Morgan fingerprint density at radius 3 is 2.56 bits per heavy atom. The number of aromatic nitrogens is 2. The molecule has 5 rings (SSSR count). The molecule has 1 aliphatic heterocycles. The summed E-state index contributed by atoms with van der Waals surface area (Å²) >= 11 is 6.56. The minimum absolute atomic E-state index is 0.236. The first-order valence-corrected chi connectivity index (χ1v) is 13.4. The van der Waals surface area contributed by atoms with Gasteiger partial charge in [-0.2, -0.15) is 0 Å². The number of likely N-dealkylation sites (N-methyl/N-ethyl adjacent to an activating group) is 1. The van der Waals surface area contributed by atoms with Gasteiger partial charge in [-0.25, -0.2) is 9.37 Å². The molecule has 36 heavy (non-hydrogen) atoms. The van der Waals surface area contributed by atoms with Crippen LogP contribution in [0.5, 0.6) is 0 Å². The summed E-state index contributed by atoms with van der Waals surface area (Å²) < 4.78 is 13.5. The lowest BCUT2D eigenvalue weighted by molar-refractivity contribution is 0.0812. The lowest BCUT2D eigenvalue weighted by Crippen LogP contribution is -2.49. The number of pyridine rings is 2. The number of anilines is 1. The van der Waals surface area contributed by atoms with Crippen molar-refractivity contribution in [3.63, 3.8) is 0 Å². The van der Waals surface area contributed by atoms with E-state index in [4.69, 9.17) is 16.6 Å². The summed E-state index contributed by atoms with van der Waals surface area (Å²) in [4.78, 5) is 14.6. The van der Waals surface area contributed by atoms with Gasteiger partial charge in [-0.05, 0) is 81.0 Å². The van der Waals surface area contributed by atoms with Gasteiger partial charge in [0.25, 0.3) is 0 Å². The zero-order chi connectivity index (χ0) is 24.9. The Labute approximate surface area is 218 Å². The molecule has 1 aromatic carbocycles. The zero-order valence-corrected chi connectivity index (χ0v) is 21.7. The van der Waals surface area contributed by atoms with Gasteiger partial charge in [-0.1, -0.05) is 29.8 Å². The molecule has 2 fully saturated rings. The van der Waals surface area contributed by atoms with Crippen molar-refractivity contribution in [3.05, 3.63) is 76.8 Å². The molecule has 3 aromatic rings. The van der Waals surface area contributed by atoms with Crippen LogP contribution in [0.4, 0.5) is 10.2 Å². The number of hydrogen-bond acceptors (Lipinski definition) is 5. The molecule has 2 aliphatic rings. The van der Waals surface area contributed by atoms with E-state index in [1.807, 2.05) is 24.3 Å². The normalized spacial score (nSPS) is 21.4. The highest BCUT2D eigenvalue weighted by atomic mass is 35.5. The summed E-state index contributed by atoms with van der Waals surface area (Å²) in [5.41, 5.74) is 3.67. The minimum atomic E-state index is -0.236. The van der Waals surface area contributed by atoms with Gasteiger partial charge in [-0.15, -0.1) is 0 Å². The van der Waals surface area contributed by atoms with Gasteiger partial charge in [0.1, 0.15) is 11.6 Å². The number of halogens is 2. The third-order valence-corrected chi connectivity index (χ3v) is 7.97. The van der Waals surface area contributed by atoms with E-state index in [-0.39, 0.29) is 5.82 Å². The maximum Gasteiger partial charge on any atom is 0.126 e. The topological polar surface area (TPSA) is 44.3 Å². The van der Waals surface area contributed by atoms with Gasteiger partial charge >= 0.3 is 0 Å². The summed E-state index contributed by atoms with van der Waals surface area (Å²) in [6.07, 6.45) is 7.83. The first-order chi connectivity index (χ1) is 17.5. The molecular formula is C29H35ClFN5. The molecule has 0 radical (unpaired) electrons. The third kappa shape index (κ3) is 6.41. The van der Waals surface area contributed by atoms with Gasteiger partial charge in [0.15, 0.2) is 0 Å². The quantitative estimate of drug-likeness (QED) is 0.431. The number of nitrogens with one attached hydrogen (secondary N) is 1. The molecular weight excluding hydrogens is 473 g/mol. The van der Waals surface area contributed by atoms with Crippen molar-refractivity contribution in [2.45, 2.75) is 44.7 Å². The van der Waals surface area contributed by atoms with Crippen molar-refractivity contribution < 1.29 is 4.39 Å². The zero-order valence-electron chi connectivity index (χ0n) is 21.0. The van der Waals surface area contributed by atoms with Crippen molar-refractivity contribution in [1.82, 2.24) is 19.8 Å². The van der Waals surface area contributed by atoms with Crippen molar-refractivity contribution in [2.24, 2.45) is 5.92 Å². The number of rotatable bonds is 7. The van der Waals surface area contributed by atoms with Crippen LogP contribution >= 0.6 is 11.6 Å². The summed E-state index contributed by atoms with van der Waals surface area (Å²) in [7, 11) is 2.22. The Hall–Kier alpha value is -2.54. The second kappa shape index (κ2) is 11.7. The van der Waals surface area contributed by atoms with Crippen LogP contribution in [0, 0.1) is 11.7 Å². The second-order valence-electron chi connectivity index (χ2n) is 10.3. The maximum absolute atomic E-state index is 13.5. The number of nitrogens with zero attached hydrogens (tertiary/aromatic N) is 4. The molecule has 3 heterocycles. The maximum atomic E-state index is 13.5. The molecule has 1 saturated carbocycles. The van der Waals surface area contributed by atoms with Gasteiger partial charge < -0.3 is 10.2 Å². The molecule has 2 aromatic heterocycles. The van der Waals surface area contributed by atoms with Crippen molar-refractivity contribution in [1.29, 1.82) is 0 Å². The first kappa shape index (κ1) is 25.1. The molecule has 5 nitrogen and oxygen atoms in total. The Bertz CT molecular complexity index is 1160. The Morgan fingerprint density at radius 1 is 1.00 bits per heavy atom. The third-order valence-electron chi connectivity index (χ3n) is 7.67. The van der Waals surface area contributed by atoms with Crippen molar-refractivity contribution in [3.8, 4) is 11.3 Å². The fourth-order valence-electron chi connectivity index (χ4n) is 5.51. The van der Waals surface area contributed by atoms with E-state index < -0.39 is 0 Å². The number of piperazine rings is 1. The Morgan fingerprint density at radius 2 is 1.78 bits per heavy atom. The predicted molar refractivity (Wildman–Crippen MR) is 145 cm³/mol. The second-order valence-corrected chi connectivity index (χ2v) is 10.7. The van der Waals surface area contributed by atoms with Crippen LogP contribution in [0.15, 0.2) is 54.7 Å². The first-order valence-electron chi connectivity index (χ1n) is 13.1. The molecule has 190 valence electrons. The highest BCUT2D eigenvalue weighted by Crippen LogP contribution is 2.32. The van der Waals surface area contributed by atoms with E-state index in [2.05, 4.69) is 33.2 Å². The average molecular weight is 508 g/mol. The smallest absolute Gasteiger partial charge is 0.126 e. The Balaban J connectivity index is 1.20. The van der Waals surface area contributed by atoms with Gasteiger partial charge in [0.2, 0.25) is 0 Å². The highest BCUT2D eigenvalue weighted by molar-refractivity contribution is 6.33. The van der Waals surface area contributed by atoms with Crippen LogP contribution in [0.2, 0.25) is 5.02 Å². The summed E-state index contributed by atoms with van der Waals surface area (Å²) in [6, 6.07) is 15.3. The number of hydrogen-bond donors (Lipinski definition) is 1. The molecule has 0 atom stereocenters. The van der Waals surface area contributed by atoms with E-state index in [9.17, 15) is 4.39 Å². The van der Waals surface area contributed by atoms with E-state index in [1.165, 1.54) is 64.0 Å². The SMILES string of the molecule is CN1CCN(C2CCC(Cc3cc(-c4cccc(NCc5cccc(F)c5)n4)c(Cl)cn3)CC2)CC1. The lowest BCUT2D eigenvalue weighted by Gasteiger charge is -2.41. The molecule has 0 unspecified atom stereocenters.